The van der Waals surface area contributed by atoms with E-state index < -0.39 is 4.92 Å². The number of nitro groups is 1. The highest BCUT2D eigenvalue weighted by Crippen LogP contribution is 2.29. The third kappa shape index (κ3) is 6.74. The number of ether oxygens (including phenoxy) is 2. The van der Waals surface area contributed by atoms with Crippen LogP contribution < -0.4 is 10.1 Å². The zero-order valence-electron chi connectivity index (χ0n) is 18.5. The molecule has 1 atom stereocenters. The maximum absolute atomic E-state index is 12.9. The van der Waals surface area contributed by atoms with Gasteiger partial charge in [-0.25, -0.2) is 0 Å². The largest absolute Gasteiger partial charge is 0.496 e. The highest BCUT2D eigenvalue weighted by atomic mass is 16.6. The van der Waals surface area contributed by atoms with Gasteiger partial charge in [0, 0.05) is 32.2 Å². The molecular formula is C23H30N4O5. The molecule has 1 N–H and O–H groups in total. The number of hydrogen-bond donors (Lipinski definition) is 1. The number of methoxy groups -OCH3 is 1. The van der Waals surface area contributed by atoms with Crippen molar-refractivity contribution in [3.05, 3.63) is 64.2 Å². The Morgan fingerprint density at radius 1 is 1.25 bits per heavy atom. The maximum atomic E-state index is 12.9. The molecule has 1 aliphatic heterocycles. The van der Waals surface area contributed by atoms with Crippen LogP contribution in [-0.4, -0.2) is 73.2 Å². The molecule has 1 amide bonds. The van der Waals surface area contributed by atoms with Crippen molar-refractivity contribution in [2.24, 2.45) is 0 Å². The van der Waals surface area contributed by atoms with E-state index in [0.717, 1.165) is 25.2 Å². The molecule has 1 fully saturated rings. The van der Waals surface area contributed by atoms with Gasteiger partial charge in [-0.3, -0.25) is 24.7 Å². The Bertz CT molecular complexity index is 903. The first-order valence-electron chi connectivity index (χ1n) is 10.7. The number of carbonyl (C=O) groups is 1. The molecule has 0 aromatic heterocycles. The number of carbonyl (C=O) groups excluding carboxylic acids is 1. The Labute approximate surface area is 188 Å². The SMILES string of the molecule is COc1ccc(NC(=O)CN(Cc2ccccc2)C(C)CN2CCOCC2)c([N+](=O)[O-])c1. The average molecular weight is 443 g/mol. The molecule has 2 aromatic carbocycles. The minimum Gasteiger partial charge on any atom is -0.496 e. The van der Waals surface area contributed by atoms with E-state index in [9.17, 15) is 14.9 Å². The highest BCUT2D eigenvalue weighted by Gasteiger charge is 2.23. The van der Waals surface area contributed by atoms with Crippen LogP contribution in [0, 0.1) is 10.1 Å². The maximum Gasteiger partial charge on any atom is 0.296 e. The summed E-state index contributed by atoms with van der Waals surface area (Å²) in [7, 11) is 1.44. The van der Waals surface area contributed by atoms with E-state index in [-0.39, 0.29) is 29.9 Å². The van der Waals surface area contributed by atoms with Crippen molar-refractivity contribution in [3.8, 4) is 5.75 Å². The van der Waals surface area contributed by atoms with Crippen molar-refractivity contribution in [1.29, 1.82) is 0 Å². The zero-order chi connectivity index (χ0) is 22.9. The Balaban J connectivity index is 1.71. The molecule has 0 saturated carbocycles. The van der Waals surface area contributed by atoms with Gasteiger partial charge in [-0.2, -0.15) is 0 Å². The van der Waals surface area contributed by atoms with E-state index in [1.165, 1.54) is 19.2 Å². The first-order chi connectivity index (χ1) is 15.5. The Hall–Kier alpha value is -3.01. The number of benzene rings is 2. The van der Waals surface area contributed by atoms with Crippen molar-refractivity contribution >= 4 is 17.3 Å². The van der Waals surface area contributed by atoms with E-state index in [2.05, 4.69) is 22.0 Å². The minimum absolute atomic E-state index is 0.102. The summed E-state index contributed by atoms with van der Waals surface area (Å²) in [5, 5.41) is 14.1. The molecule has 1 saturated heterocycles. The molecule has 9 heteroatoms. The molecule has 1 unspecified atom stereocenters. The molecule has 1 heterocycles. The van der Waals surface area contributed by atoms with Crippen molar-refractivity contribution < 1.29 is 19.2 Å². The van der Waals surface area contributed by atoms with Crippen LogP contribution in [0.25, 0.3) is 0 Å². The van der Waals surface area contributed by atoms with Crippen molar-refractivity contribution in [1.82, 2.24) is 9.80 Å². The molecule has 1 aliphatic rings. The van der Waals surface area contributed by atoms with Crippen LogP contribution in [0.4, 0.5) is 11.4 Å². The first kappa shape index (κ1) is 23.6. The molecule has 0 spiro atoms. The van der Waals surface area contributed by atoms with Gasteiger partial charge in [-0.05, 0) is 24.6 Å². The Morgan fingerprint density at radius 3 is 2.62 bits per heavy atom. The zero-order valence-corrected chi connectivity index (χ0v) is 18.5. The predicted octanol–water partition coefficient (Wildman–Crippen LogP) is 2.76. The summed E-state index contributed by atoms with van der Waals surface area (Å²) < 4.78 is 10.5. The van der Waals surface area contributed by atoms with Crippen molar-refractivity contribution in [2.45, 2.75) is 19.5 Å². The standard InChI is InChI=1S/C23H30N4O5/c1-18(15-25-10-12-32-13-11-25)26(16-19-6-4-3-5-7-19)17-23(28)24-21-9-8-20(31-2)14-22(21)27(29)30/h3-9,14,18H,10-13,15-17H2,1-2H3,(H,24,28). The third-order valence-electron chi connectivity index (χ3n) is 5.50. The summed E-state index contributed by atoms with van der Waals surface area (Å²) in [6, 6.07) is 14.5. The van der Waals surface area contributed by atoms with Gasteiger partial charge in [0.2, 0.25) is 5.91 Å². The average Bonchev–Trinajstić information content (AvgIpc) is 2.80. The second-order valence-corrected chi connectivity index (χ2v) is 7.84. The molecule has 0 bridgehead atoms. The van der Waals surface area contributed by atoms with Gasteiger partial charge in [0.25, 0.3) is 5.69 Å². The van der Waals surface area contributed by atoms with Crippen LogP contribution in [0.5, 0.6) is 5.75 Å². The summed E-state index contributed by atoms with van der Waals surface area (Å²) in [5.74, 6) is 0.0579. The van der Waals surface area contributed by atoms with Crippen LogP contribution in [0.2, 0.25) is 0 Å². The van der Waals surface area contributed by atoms with Gasteiger partial charge in [0.05, 0.1) is 37.9 Å². The van der Waals surface area contributed by atoms with Gasteiger partial charge in [0.15, 0.2) is 0 Å². The number of nitro benzene ring substituents is 1. The molecule has 172 valence electrons. The smallest absolute Gasteiger partial charge is 0.296 e. The summed E-state index contributed by atoms with van der Waals surface area (Å²) >= 11 is 0. The fraction of sp³-hybridized carbons (Fsp3) is 0.435. The number of anilines is 1. The number of morpholine rings is 1. The fourth-order valence-electron chi connectivity index (χ4n) is 3.73. The van der Waals surface area contributed by atoms with E-state index in [1.54, 1.807) is 6.07 Å². The van der Waals surface area contributed by atoms with Gasteiger partial charge >= 0.3 is 0 Å². The van der Waals surface area contributed by atoms with E-state index in [4.69, 9.17) is 9.47 Å². The lowest BCUT2D eigenvalue weighted by Gasteiger charge is -2.34. The number of nitrogens with zero attached hydrogens (tertiary/aromatic N) is 3. The lowest BCUT2D eigenvalue weighted by atomic mass is 10.1. The predicted molar refractivity (Wildman–Crippen MR) is 122 cm³/mol. The van der Waals surface area contributed by atoms with E-state index in [1.807, 2.05) is 30.3 Å². The lowest BCUT2D eigenvalue weighted by Crippen LogP contribution is -2.47. The quantitative estimate of drug-likeness (QED) is 0.446. The number of hydrogen-bond acceptors (Lipinski definition) is 7. The monoisotopic (exact) mass is 442 g/mol. The van der Waals surface area contributed by atoms with E-state index >= 15 is 0 Å². The summed E-state index contributed by atoms with van der Waals surface area (Å²) in [6.07, 6.45) is 0. The topological polar surface area (TPSA) is 97.2 Å². The second-order valence-electron chi connectivity index (χ2n) is 7.84. The third-order valence-corrected chi connectivity index (χ3v) is 5.50. The summed E-state index contributed by atoms with van der Waals surface area (Å²) in [4.78, 5) is 28.2. The lowest BCUT2D eigenvalue weighted by molar-refractivity contribution is -0.384. The molecule has 32 heavy (non-hydrogen) atoms. The van der Waals surface area contributed by atoms with Crippen LogP contribution in [0.1, 0.15) is 12.5 Å². The van der Waals surface area contributed by atoms with Crippen LogP contribution >= 0.6 is 0 Å². The highest BCUT2D eigenvalue weighted by molar-refractivity contribution is 5.94. The first-order valence-corrected chi connectivity index (χ1v) is 10.7. The van der Waals surface area contributed by atoms with Gasteiger partial charge in [-0.1, -0.05) is 30.3 Å². The fourth-order valence-corrected chi connectivity index (χ4v) is 3.73. The second kappa shape index (κ2) is 11.6. The van der Waals surface area contributed by atoms with Crippen molar-refractivity contribution in [3.63, 3.8) is 0 Å². The Morgan fingerprint density at radius 2 is 1.97 bits per heavy atom. The van der Waals surface area contributed by atoms with E-state index in [0.29, 0.717) is 25.5 Å². The van der Waals surface area contributed by atoms with Crippen LogP contribution in [0.15, 0.2) is 48.5 Å². The number of rotatable bonds is 10. The van der Waals surface area contributed by atoms with Crippen LogP contribution in [-0.2, 0) is 16.1 Å². The number of amides is 1. The minimum atomic E-state index is -0.527. The number of nitrogens with one attached hydrogen (secondary N) is 1. The summed E-state index contributed by atoms with van der Waals surface area (Å²) in [6.45, 7) is 6.79. The molecule has 9 nitrogen and oxygen atoms in total. The van der Waals surface area contributed by atoms with Crippen LogP contribution in [0.3, 0.4) is 0 Å². The Kier molecular flexibility index (Phi) is 8.55. The molecule has 2 aromatic rings. The van der Waals surface area contributed by atoms with Gasteiger partial charge in [0.1, 0.15) is 11.4 Å². The van der Waals surface area contributed by atoms with Crippen molar-refractivity contribution in [2.75, 3.05) is 51.8 Å². The molecule has 0 radical (unpaired) electrons. The molecular weight excluding hydrogens is 412 g/mol. The summed E-state index contributed by atoms with van der Waals surface area (Å²) in [5.41, 5.74) is 1.06. The van der Waals surface area contributed by atoms with Gasteiger partial charge < -0.3 is 14.8 Å². The molecule has 3 rings (SSSR count). The molecule has 0 aliphatic carbocycles. The normalized spacial score (nSPS) is 15.3. The van der Waals surface area contributed by atoms with Gasteiger partial charge in [-0.15, -0.1) is 0 Å².